The Morgan fingerprint density at radius 3 is 2.61 bits per heavy atom. The summed E-state index contributed by atoms with van der Waals surface area (Å²) in [5.74, 6) is 0.745. The van der Waals surface area contributed by atoms with Gasteiger partial charge in [-0.05, 0) is 48.7 Å². The second-order valence-electron chi connectivity index (χ2n) is 4.05. The van der Waals surface area contributed by atoms with Gasteiger partial charge in [0.2, 0.25) is 0 Å². The molecule has 0 aliphatic rings. The molecule has 0 aliphatic carbocycles. The molecule has 1 atom stereocenters. The quantitative estimate of drug-likeness (QED) is 0.868. The zero-order chi connectivity index (χ0) is 12.8. The van der Waals surface area contributed by atoms with Crippen molar-refractivity contribution >= 4 is 11.3 Å². The van der Waals surface area contributed by atoms with E-state index in [-0.39, 0.29) is 5.82 Å². The maximum absolute atomic E-state index is 12.8. The summed E-state index contributed by atoms with van der Waals surface area (Å²) in [5, 5.41) is 2.05. The molecule has 18 heavy (non-hydrogen) atoms. The minimum Gasteiger partial charge on any atom is -0.493 e. The Morgan fingerprint density at radius 2 is 2.00 bits per heavy atom. The highest BCUT2D eigenvalue weighted by molar-refractivity contribution is 7.10. The summed E-state index contributed by atoms with van der Waals surface area (Å²) in [6.07, 6.45) is 0.891. The van der Waals surface area contributed by atoms with Crippen molar-refractivity contribution in [1.29, 1.82) is 0 Å². The molecule has 1 unspecified atom stereocenters. The minimum atomic E-state index is -0.251. The van der Waals surface area contributed by atoms with E-state index < -0.39 is 0 Å². The highest BCUT2D eigenvalue weighted by atomic mass is 32.1. The first-order chi connectivity index (χ1) is 8.79. The molecule has 0 spiro atoms. The Hall–Kier alpha value is -1.39. The molecule has 2 rings (SSSR count). The minimum absolute atomic E-state index is 0.251. The van der Waals surface area contributed by atoms with Crippen molar-refractivity contribution in [2.45, 2.75) is 12.3 Å². The van der Waals surface area contributed by atoms with Gasteiger partial charge in [-0.25, -0.2) is 4.39 Å². The van der Waals surface area contributed by atoms with Crippen molar-refractivity contribution in [3.63, 3.8) is 0 Å². The molecule has 1 heterocycles. The smallest absolute Gasteiger partial charge is 0.123 e. The third-order valence-electron chi connectivity index (χ3n) is 2.73. The Labute approximate surface area is 110 Å². The number of hydrogen-bond donors (Lipinski definition) is 1. The third-order valence-corrected chi connectivity index (χ3v) is 3.76. The van der Waals surface area contributed by atoms with Crippen LogP contribution in [0.2, 0.25) is 0 Å². The fourth-order valence-electron chi connectivity index (χ4n) is 1.76. The normalized spacial score (nSPS) is 12.3. The monoisotopic (exact) mass is 265 g/mol. The molecular formula is C14H16FNOS. The van der Waals surface area contributed by atoms with Crippen LogP contribution in [0.4, 0.5) is 4.39 Å². The first kappa shape index (κ1) is 13.1. The lowest BCUT2D eigenvalue weighted by atomic mass is 10.1. The van der Waals surface area contributed by atoms with Crippen LogP contribution in [-0.4, -0.2) is 13.2 Å². The predicted molar refractivity (Wildman–Crippen MR) is 72.6 cm³/mol. The average Bonchev–Trinajstić information content (AvgIpc) is 2.90. The first-order valence-electron chi connectivity index (χ1n) is 5.91. The van der Waals surface area contributed by atoms with Gasteiger partial charge in [-0.2, -0.15) is 0 Å². The number of hydrogen-bond acceptors (Lipinski definition) is 3. The summed E-state index contributed by atoms with van der Waals surface area (Å²) in [6.45, 7) is 1.21. The van der Waals surface area contributed by atoms with Gasteiger partial charge in [0, 0.05) is 10.8 Å². The summed E-state index contributed by atoms with van der Waals surface area (Å²) in [5.41, 5.74) is 5.62. The lowest BCUT2D eigenvalue weighted by Gasteiger charge is -2.15. The van der Waals surface area contributed by atoms with Gasteiger partial charge in [0.15, 0.2) is 0 Å². The summed E-state index contributed by atoms with van der Waals surface area (Å²) in [7, 11) is 0. The van der Waals surface area contributed by atoms with Crippen molar-refractivity contribution in [2.24, 2.45) is 5.73 Å². The standard InChI is InChI=1S/C14H16FNOS/c15-12-3-5-13(6-4-12)17-10-11(7-8-16)14-2-1-9-18-14/h1-6,9,11H,7-8,10,16H2. The van der Waals surface area contributed by atoms with Crippen molar-refractivity contribution < 1.29 is 9.13 Å². The van der Waals surface area contributed by atoms with Crippen LogP contribution in [0.1, 0.15) is 17.2 Å². The second kappa shape index (κ2) is 6.52. The third kappa shape index (κ3) is 3.55. The van der Waals surface area contributed by atoms with Crippen LogP contribution in [0, 0.1) is 5.82 Å². The molecule has 1 aromatic heterocycles. The fraction of sp³-hybridized carbons (Fsp3) is 0.286. The zero-order valence-electron chi connectivity index (χ0n) is 10.0. The van der Waals surface area contributed by atoms with E-state index in [1.54, 1.807) is 23.5 Å². The Bertz CT molecular complexity index is 455. The van der Waals surface area contributed by atoms with Crippen LogP contribution in [-0.2, 0) is 0 Å². The molecule has 0 radical (unpaired) electrons. The lowest BCUT2D eigenvalue weighted by molar-refractivity contribution is 0.284. The molecule has 0 amide bonds. The summed E-state index contributed by atoms with van der Waals surface area (Å²) in [6, 6.07) is 10.2. The summed E-state index contributed by atoms with van der Waals surface area (Å²) >= 11 is 1.71. The molecule has 0 saturated carbocycles. The van der Waals surface area contributed by atoms with Crippen LogP contribution in [0.3, 0.4) is 0 Å². The highest BCUT2D eigenvalue weighted by Gasteiger charge is 2.12. The average molecular weight is 265 g/mol. The predicted octanol–water partition coefficient (Wildman–Crippen LogP) is 3.40. The van der Waals surface area contributed by atoms with Gasteiger partial charge in [-0.1, -0.05) is 6.07 Å². The Kier molecular flexibility index (Phi) is 4.73. The largest absolute Gasteiger partial charge is 0.493 e. The Balaban J connectivity index is 1.95. The highest BCUT2D eigenvalue weighted by Crippen LogP contribution is 2.25. The fourth-order valence-corrected chi connectivity index (χ4v) is 2.61. The lowest BCUT2D eigenvalue weighted by Crippen LogP contribution is -2.14. The van der Waals surface area contributed by atoms with Crippen LogP contribution < -0.4 is 10.5 Å². The van der Waals surface area contributed by atoms with E-state index in [2.05, 4.69) is 11.4 Å². The van der Waals surface area contributed by atoms with Crippen LogP contribution in [0.5, 0.6) is 5.75 Å². The van der Waals surface area contributed by atoms with Crippen molar-refractivity contribution in [2.75, 3.05) is 13.2 Å². The molecule has 0 saturated heterocycles. The van der Waals surface area contributed by atoms with Crippen LogP contribution >= 0.6 is 11.3 Å². The Morgan fingerprint density at radius 1 is 1.22 bits per heavy atom. The van der Waals surface area contributed by atoms with Gasteiger partial charge < -0.3 is 10.5 Å². The number of ether oxygens (including phenoxy) is 1. The van der Waals surface area contributed by atoms with Gasteiger partial charge >= 0.3 is 0 Å². The second-order valence-corrected chi connectivity index (χ2v) is 5.03. The molecular weight excluding hydrogens is 249 g/mol. The maximum atomic E-state index is 12.8. The van der Waals surface area contributed by atoms with E-state index in [9.17, 15) is 4.39 Å². The number of benzene rings is 1. The molecule has 1 aromatic carbocycles. The van der Waals surface area contributed by atoms with Gasteiger partial charge in [0.05, 0.1) is 6.61 Å². The van der Waals surface area contributed by atoms with Crippen LogP contribution in [0.15, 0.2) is 41.8 Å². The molecule has 2 N–H and O–H groups in total. The number of halogens is 1. The maximum Gasteiger partial charge on any atom is 0.123 e. The summed E-state index contributed by atoms with van der Waals surface area (Å²) < 4.78 is 18.4. The molecule has 0 fully saturated rings. The number of rotatable bonds is 6. The molecule has 0 aliphatic heterocycles. The van der Waals surface area contributed by atoms with E-state index in [0.717, 1.165) is 6.42 Å². The van der Waals surface area contributed by atoms with Crippen molar-refractivity contribution in [3.05, 3.63) is 52.5 Å². The van der Waals surface area contributed by atoms with E-state index in [4.69, 9.17) is 10.5 Å². The van der Waals surface area contributed by atoms with Crippen molar-refractivity contribution in [3.8, 4) is 5.75 Å². The van der Waals surface area contributed by atoms with Gasteiger partial charge in [0.1, 0.15) is 11.6 Å². The molecule has 2 aromatic rings. The van der Waals surface area contributed by atoms with E-state index >= 15 is 0 Å². The molecule has 4 heteroatoms. The van der Waals surface area contributed by atoms with Crippen LogP contribution in [0.25, 0.3) is 0 Å². The number of thiophene rings is 1. The summed E-state index contributed by atoms with van der Waals surface area (Å²) in [4.78, 5) is 1.28. The topological polar surface area (TPSA) is 35.2 Å². The first-order valence-corrected chi connectivity index (χ1v) is 6.79. The van der Waals surface area contributed by atoms with Gasteiger partial charge in [-0.15, -0.1) is 11.3 Å². The molecule has 96 valence electrons. The SMILES string of the molecule is NCCC(COc1ccc(F)cc1)c1cccs1. The zero-order valence-corrected chi connectivity index (χ0v) is 10.8. The molecule has 0 bridgehead atoms. The number of nitrogens with two attached hydrogens (primary N) is 1. The molecule has 2 nitrogen and oxygen atoms in total. The van der Waals surface area contributed by atoms with E-state index in [1.807, 2.05) is 6.07 Å². The van der Waals surface area contributed by atoms with Gasteiger partial charge in [0.25, 0.3) is 0 Å². The van der Waals surface area contributed by atoms with Crippen molar-refractivity contribution in [1.82, 2.24) is 0 Å². The van der Waals surface area contributed by atoms with Gasteiger partial charge in [-0.3, -0.25) is 0 Å². The van der Waals surface area contributed by atoms with E-state index in [1.165, 1.54) is 17.0 Å². The van der Waals surface area contributed by atoms with E-state index in [0.29, 0.717) is 24.8 Å².